The van der Waals surface area contributed by atoms with Crippen molar-refractivity contribution in [2.45, 2.75) is 13.8 Å². The summed E-state index contributed by atoms with van der Waals surface area (Å²) in [6, 6.07) is 6.33. The average molecular weight is 208 g/mol. The summed E-state index contributed by atoms with van der Waals surface area (Å²) in [7, 11) is 0. The summed E-state index contributed by atoms with van der Waals surface area (Å²) in [5.41, 5.74) is 2.36. The molecule has 78 valence electrons. The van der Waals surface area contributed by atoms with Gasteiger partial charge in [-0.2, -0.15) is 0 Å². The number of aromatic nitrogens is 2. The average Bonchev–Trinajstić information content (AvgIpc) is 2.30. The van der Waals surface area contributed by atoms with Crippen molar-refractivity contribution in [2.24, 2.45) is 0 Å². The molecule has 0 atom stereocenters. The highest BCUT2D eigenvalue weighted by Crippen LogP contribution is 2.28. The lowest BCUT2D eigenvalue weighted by Crippen LogP contribution is -1.88. The molecule has 1 aromatic carbocycles. The van der Waals surface area contributed by atoms with Gasteiger partial charge in [0, 0.05) is 35.1 Å². The lowest BCUT2D eigenvalue weighted by molar-refractivity contribution is 1.24. The minimum Gasteiger partial charge on any atom is -0.264 e. The third-order valence-electron chi connectivity index (χ3n) is 3.06. The molecule has 0 aliphatic carbocycles. The molecule has 2 heteroatoms. The van der Waals surface area contributed by atoms with Crippen LogP contribution in [0.2, 0.25) is 0 Å². The number of hydrogen-bond donors (Lipinski definition) is 0. The molecule has 0 bridgehead atoms. The SMILES string of the molecule is Cc1cc2cnccc2c2c(C)nccc12. The third-order valence-corrected chi connectivity index (χ3v) is 3.06. The molecule has 0 N–H and O–H groups in total. The van der Waals surface area contributed by atoms with Crippen LogP contribution in [-0.2, 0) is 0 Å². The summed E-state index contributed by atoms with van der Waals surface area (Å²) in [5.74, 6) is 0. The number of hydrogen-bond acceptors (Lipinski definition) is 2. The van der Waals surface area contributed by atoms with Gasteiger partial charge in [0.05, 0.1) is 0 Å². The summed E-state index contributed by atoms with van der Waals surface area (Å²) < 4.78 is 0. The van der Waals surface area contributed by atoms with Crippen molar-refractivity contribution < 1.29 is 0 Å². The molecule has 0 fully saturated rings. The quantitative estimate of drug-likeness (QED) is 0.529. The van der Waals surface area contributed by atoms with Gasteiger partial charge in [-0.3, -0.25) is 9.97 Å². The van der Waals surface area contributed by atoms with Crippen LogP contribution in [0.1, 0.15) is 11.3 Å². The van der Waals surface area contributed by atoms with E-state index in [0.717, 1.165) is 5.69 Å². The topological polar surface area (TPSA) is 25.8 Å². The fourth-order valence-electron chi connectivity index (χ4n) is 2.30. The highest BCUT2D eigenvalue weighted by molar-refractivity contribution is 6.09. The molecule has 16 heavy (non-hydrogen) atoms. The Labute approximate surface area is 94.0 Å². The molecular weight excluding hydrogens is 196 g/mol. The summed E-state index contributed by atoms with van der Waals surface area (Å²) in [6.07, 6.45) is 5.62. The van der Waals surface area contributed by atoms with E-state index in [1.165, 1.54) is 27.1 Å². The smallest absolute Gasteiger partial charge is 0.0457 e. The second-order valence-corrected chi connectivity index (χ2v) is 4.11. The number of aryl methyl sites for hydroxylation is 2. The zero-order valence-electron chi connectivity index (χ0n) is 9.36. The third kappa shape index (κ3) is 1.20. The van der Waals surface area contributed by atoms with Crippen molar-refractivity contribution in [1.82, 2.24) is 9.97 Å². The van der Waals surface area contributed by atoms with Gasteiger partial charge in [0.1, 0.15) is 0 Å². The molecular formula is C14H12N2. The fraction of sp³-hybridized carbons (Fsp3) is 0.143. The van der Waals surface area contributed by atoms with Crippen LogP contribution in [-0.4, -0.2) is 9.97 Å². The summed E-state index contributed by atoms with van der Waals surface area (Å²) in [6.45, 7) is 4.19. The van der Waals surface area contributed by atoms with E-state index in [9.17, 15) is 0 Å². The largest absolute Gasteiger partial charge is 0.264 e. The second kappa shape index (κ2) is 3.27. The summed E-state index contributed by atoms with van der Waals surface area (Å²) in [4.78, 5) is 8.55. The van der Waals surface area contributed by atoms with E-state index in [-0.39, 0.29) is 0 Å². The van der Waals surface area contributed by atoms with Crippen LogP contribution < -0.4 is 0 Å². The maximum atomic E-state index is 4.38. The molecule has 3 aromatic rings. The molecule has 0 saturated carbocycles. The van der Waals surface area contributed by atoms with E-state index in [2.05, 4.69) is 42.0 Å². The van der Waals surface area contributed by atoms with Gasteiger partial charge in [0.15, 0.2) is 0 Å². The van der Waals surface area contributed by atoms with Crippen LogP contribution in [0.15, 0.2) is 36.8 Å². The van der Waals surface area contributed by atoms with Crippen LogP contribution in [0.4, 0.5) is 0 Å². The molecule has 2 heterocycles. The molecule has 0 spiro atoms. The number of benzene rings is 1. The Bertz CT molecular complexity index is 687. The normalized spacial score (nSPS) is 11.1. The molecule has 0 aliphatic heterocycles. The van der Waals surface area contributed by atoms with Gasteiger partial charge in [-0.25, -0.2) is 0 Å². The van der Waals surface area contributed by atoms with Crippen LogP contribution in [0.25, 0.3) is 21.5 Å². The van der Waals surface area contributed by atoms with Gasteiger partial charge < -0.3 is 0 Å². The highest BCUT2D eigenvalue weighted by Gasteiger charge is 2.06. The van der Waals surface area contributed by atoms with E-state index in [1.54, 1.807) is 0 Å². The van der Waals surface area contributed by atoms with Crippen molar-refractivity contribution in [1.29, 1.82) is 0 Å². The fourth-order valence-corrected chi connectivity index (χ4v) is 2.30. The molecule has 3 rings (SSSR count). The molecule has 0 saturated heterocycles. The first-order valence-electron chi connectivity index (χ1n) is 5.36. The van der Waals surface area contributed by atoms with Gasteiger partial charge in [0.2, 0.25) is 0 Å². The number of pyridine rings is 2. The molecule has 0 amide bonds. The van der Waals surface area contributed by atoms with E-state index >= 15 is 0 Å². The Hall–Kier alpha value is -1.96. The molecule has 2 nitrogen and oxygen atoms in total. The predicted octanol–water partition coefficient (Wildman–Crippen LogP) is 3.40. The van der Waals surface area contributed by atoms with Crippen LogP contribution in [0, 0.1) is 13.8 Å². The standard InChI is InChI=1S/C14H12N2/c1-9-7-11-8-15-5-3-13(11)14-10(2)16-6-4-12(9)14/h3-8H,1-2H3. The van der Waals surface area contributed by atoms with Gasteiger partial charge in [0.25, 0.3) is 0 Å². The van der Waals surface area contributed by atoms with Crippen LogP contribution >= 0.6 is 0 Å². The van der Waals surface area contributed by atoms with Crippen molar-refractivity contribution in [3.05, 3.63) is 48.0 Å². The Morgan fingerprint density at radius 2 is 1.81 bits per heavy atom. The minimum absolute atomic E-state index is 1.08. The first-order chi connectivity index (χ1) is 7.77. The lowest BCUT2D eigenvalue weighted by Gasteiger charge is -2.08. The van der Waals surface area contributed by atoms with Crippen molar-refractivity contribution >= 4 is 21.5 Å². The Balaban J connectivity index is 2.67. The molecule has 0 radical (unpaired) electrons. The molecule has 0 unspecified atom stereocenters. The number of rotatable bonds is 0. The zero-order valence-corrected chi connectivity index (χ0v) is 9.36. The first kappa shape index (κ1) is 9.28. The maximum Gasteiger partial charge on any atom is 0.0457 e. The number of nitrogens with zero attached hydrogens (tertiary/aromatic N) is 2. The lowest BCUT2D eigenvalue weighted by atomic mass is 9.99. The summed E-state index contributed by atoms with van der Waals surface area (Å²) in [5, 5.41) is 4.95. The van der Waals surface area contributed by atoms with Crippen LogP contribution in [0.3, 0.4) is 0 Å². The zero-order chi connectivity index (χ0) is 11.1. The Morgan fingerprint density at radius 3 is 2.69 bits per heavy atom. The predicted molar refractivity (Wildman–Crippen MR) is 66.5 cm³/mol. The first-order valence-corrected chi connectivity index (χ1v) is 5.36. The Morgan fingerprint density at radius 1 is 1.00 bits per heavy atom. The van der Waals surface area contributed by atoms with Crippen LogP contribution in [0.5, 0.6) is 0 Å². The van der Waals surface area contributed by atoms with Gasteiger partial charge in [-0.05, 0) is 48.4 Å². The highest BCUT2D eigenvalue weighted by atomic mass is 14.7. The van der Waals surface area contributed by atoms with E-state index in [0.29, 0.717) is 0 Å². The van der Waals surface area contributed by atoms with Crippen molar-refractivity contribution in [3.63, 3.8) is 0 Å². The number of fused-ring (bicyclic) bond motifs is 3. The summed E-state index contributed by atoms with van der Waals surface area (Å²) >= 11 is 0. The molecule has 0 aliphatic rings. The van der Waals surface area contributed by atoms with Gasteiger partial charge in [-0.15, -0.1) is 0 Å². The van der Waals surface area contributed by atoms with Crippen molar-refractivity contribution in [3.8, 4) is 0 Å². The van der Waals surface area contributed by atoms with Crippen molar-refractivity contribution in [2.75, 3.05) is 0 Å². The Kier molecular flexibility index (Phi) is 1.90. The maximum absolute atomic E-state index is 4.38. The van der Waals surface area contributed by atoms with E-state index in [1.807, 2.05) is 18.6 Å². The van der Waals surface area contributed by atoms with Gasteiger partial charge in [-0.1, -0.05) is 0 Å². The van der Waals surface area contributed by atoms with E-state index in [4.69, 9.17) is 0 Å². The van der Waals surface area contributed by atoms with Gasteiger partial charge >= 0.3 is 0 Å². The van der Waals surface area contributed by atoms with E-state index < -0.39 is 0 Å². The monoisotopic (exact) mass is 208 g/mol. The molecule has 2 aromatic heterocycles. The second-order valence-electron chi connectivity index (χ2n) is 4.11. The minimum atomic E-state index is 1.08.